The molecule has 0 aliphatic rings. The lowest BCUT2D eigenvalue weighted by atomic mass is 10.0. The van der Waals surface area contributed by atoms with Crippen molar-refractivity contribution >= 4 is 17.3 Å². The fourth-order valence-corrected chi connectivity index (χ4v) is 2.12. The van der Waals surface area contributed by atoms with E-state index >= 15 is 0 Å². The molecule has 0 saturated heterocycles. The third-order valence-corrected chi connectivity index (χ3v) is 2.81. The molecule has 1 rings (SSSR count). The van der Waals surface area contributed by atoms with Crippen LogP contribution in [0.15, 0.2) is 24.5 Å². The molecule has 19 heavy (non-hydrogen) atoms. The van der Waals surface area contributed by atoms with Crippen LogP contribution in [0.3, 0.4) is 0 Å². The van der Waals surface area contributed by atoms with Crippen LogP contribution >= 0.6 is 12.2 Å². The SMILES string of the molecule is C[C@H](O)[C@@H](Cc1ccncc1)NC(=S)NC(C)(C)C. The number of thiocarbonyl (C=S) groups is 1. The van der Waals surface area contributed by atoms with Crippen LogP contribution in [-0.2, 0) is 6.42 Å². The number of nitrogens with one attached hydrogen (secondary N) is 2. The Morgan fingerprint density at radius 2 is 1.95 bits per heavy atom. The van der Waals surface area contributed by atoms with Crippen LogP contribution in [0.2, 0.25) is 0 Å². The lowest BCUT2D eigenvalue weighted by Crippen LogP contribution is -2.52. The largest absolute Gasteiger partial charge is 0.391 e. The monoisotopic (exact) mass is 281 g/mol. The zero-order chi connectivity index (χ0) is 14.5. The molecule has 0 aliphatic carbocycles. The van der Waals surface area contributed by atoms with Gasteiger partial charge in [0.05, 0.1) is 12.1 Å². The van der Waals surface area contributed by atoms with Crippen LogP contribution in [0.25, 0.3) is 0 Å². The zero-order valence-corrected chi connectivity index (χ0v) is 12.8. The molecule has 0 aromatic carbocycles. The van der Waals surface area contributed by atoms with E-state index < -0.39 is 6.10 Å². The quantitative estimate of drug-likeness (QED) is 0.733. The second-order valence-corrected chi connectivity index (χ2v) is 6.16. The molecule has 1 heterocycles. The van der Waals surface area contributed by atoms with Gasteiger partial charge in [-0.1, -0.05) is 0 Å². The van der Waals surface area contributed by atoms with E-state index in [9.17, 15) is 5.11 Å². The summed E-state index contributed by atoms with van der Waals surface area (Å²) >= 11 is 5.27. The highest BCUT2D eigenvalue weighted by molar-refractivity contribution is 7.80. The lowest BCUT2D eigenvalue weighted by molar-refractivity contribution is 0.154. The van der Waals surface area contributed by atoms with Gasteiger partial charge in [-0.05, 0) is 64.0 Å². The number of hydrogen-bond acceptors (Lipinski definition) is 3. The fraction of sp³-hybridized carbons (Fsp3) is 0.571. The van der Waals surface area contributed by atoms with Gasteiger partial charge in [-0.3, -0.25) is 4.98 Å². The van der Waals surface area contributed by atoms with Crippen molar-refractivity contribution in [2.24, 2.45) is 0 Å². The number of hydrogen-bond donors (Lipinski definition) is 3. The van der Waals surface area contributed by atoms with Crippen LogP contribution in [0, 0.1) is 0 Å². The number of aliphatic hydroxyl groups excluding tert-OH is 1. The van der Waals surface area contributed by atoms with Gasteiger partial charge in [0.2, 0.25) is 0 Å². The molecule has 2 atom stereocenters. The maximum Gasteiger partial charge on any atom is 0.167 e. The Kier molecular flexibility index (Phi) is 5.69. The first-order valence-electron chi connectivity index (χ1n) is 6.43. The number of pyridine rings is 1. The second kappa shape index (κ2) is 6.82. The normalized spacial score (nSPS) is 14.6. The fourth-order valence-electron chi connectivity index (χ4n) is 1.66. The molecule has 0 aliphatic heterocycles. The summed E-state index contributed by atoms with van der Waals surface area (Å²) in [5.74, 6) is 0. The predicted octanol–water partition coefficient (Wildman–Crippen LogP) is 1.64. The van der Waals surface area contributed by atoms with Gasteiger partial charge in [0, 0.05) is 17.9 Å². The molecule has 106 valence electrons. The topological polar surface area (TPSA) is 57.2 Å². The number of rotatable bonds is 4. The van der Waals surface area contributed by atoms with Gasteiger partial charge in [0.15, 0.2) is 5.11 Å². The number of nitrogens with zero attached hydrogens (tertiary/aromatic N) is 1. The van der Waals surface area contributed by atoms with Gasteiger partial charge < -0.3 is 15.7 Å². The van der Waals surface area contributed by atoms with E-state index in [4.69, 9.17) is 12.2 Å². The number of aromatic nitrogens is 1. The van der Waals surface area contributed by atoms with Crippen molar-refractivity contribution in [3.8, 4) is 0 Å². The molecule has 0 unspecified atom stereocenters. The molecule has 5 heteroatoms. The van der Waals surface area contributed by atoms with E-state index in [0.29, 0.717) is 11.5 Å². The van der Waals surface area contributed by atoms with Crippen molar-refractivity contribution in [1.29, 1.82) is 0 Å². The molecule has 0 saturated carbocycles. The standard InChI is InChI=1S/C14H23N3OS/c1-10(18)12(9-11-5-7-15-8-6-11)16-13(19)17-14(2,3)4/h5-8,10,12,18H,9H2,1-4H3,(H2,16,17,19)/t10-,12+/m0/s1. The Morgan fingerprint density at radius 1 is 1.37 bits per heavy atom. The minimum Gasteiger partial charge on any atom is -0.391 e. The maximum atomic E-state index is 9.86. The molecule has 0 bridgehead atoms. The molecule has 0 amide bonds. The smallest absolute Gasteiger partial charge is 0.167 e. The summed E-state index contributed by atoms with van der Waals surface area (Å²) in [5.41, 5.74) is 1.02. The van der Waals surface area contributed by atoms with Gasteiger partial charge in [-0.25, -0.2) is 0 Å². The number of aliphatic hydroxyl groups is 1. The van der Waals surface area contributed by atoms with Crippen molar-refractivity contribution in [3.63, 3.8) is 0 Å². The highest BCUT2D eigenvalue weighted by Gasteiger charge is 2.18. The van der Waals surface area contributed by atoms with E-state index in [1.165, 1.54) is 0 Å². The van der Waals surface area contributed by atoms with Crippen molar-refractivity contribution in [3.05, 3.63) is 30.1 Å². The first kappa shape index (κ1) is 15.9. The first-order valence-corrected chi connectivity index (χ1v) is 6.84. The highest BCUT2D eigenvalue weighted by atomic mass is 32.1. The van der Waals surface area contributed by atoms with Crippen molar-refractivity contribution in [2.45, 2.75) is 51.8 Å². The van der Waals surface area contributed by atoms with Crippen molar-refractivity contribution in [2.75, 3.05) is 0 Å². The minimum absolute atomic E-state index is 0.0933. The van der Waals surface area contributed by atoms with E-state index in [-0.39, 0.29) is 11.6 Å². The van der Waals surface area contributed by atoms with E-state index in [1.54, 1.807) is 19.3 Å². The summed E-state index contributed by atoms with van der Waals surface area (Å²) in [6, 6.07) is 3.76. The van der Waals surface area contributed by atoms with E-state index in [1.807, 2.05) is 32.9 Å². The Morgan fingerprint density at radius 3 is 2.42 bits per heavy atom. The van der Waals surface area contributed by atoms with Gasteiger partial charge >= 0.3 is 0 Å². The minimum atomic E-state index is -0.493. The Balaban J connectivity index is 2.61. The Hall–Kier alpha value is -1.20. The Labute approximate surface area is 120 Å². The molecule has 3 N–H and O–H groups in total. The molecule has 0 fully saturated rings. The molecule has 4 nitrogen and oxygen atoms in total. The molecule has 1 aromatic rings. The third-order valence-electron chi connectivity index (χ3n) is 2.59. The van der Waals surface area contributed by atoms with E-state index in [2.05, 4.69) is 15.6 Å². The summed E-state index contributed by atoms with van der Waals surface area (Å²) in [6.45, 7) is 7.89. The summed E-state index contributed by atoms with van der Waals surface area (Å²) < 4.78 is 0. The summed E-state index contributed by atoms with van der Waals surface area (Å²) in [6.07, 6.45) is 3.71. The maximum absolute atomic E-state index is 9.86. The predicted molar refractivity (Wildman–Crippen MR) is 82.0 cm³/mol. The summed E-state index contributed by atoms with van der Waals surface area (Å²) in [4.78, 5) is 3.99. The third kappa shape index (κ3) is 6.50. The van der Waals surface area contributed by atoms with Crippen molar-refractivity contribution in [1.82, 2.24) is 15.6 Å². The summed E-state index contributed by atoms with van der Waals surface area (Å²) in [5, 5.41) is 16.8. The van der Waals surface area contributed by atoms with Crippen molar-refractivity contribution < 1.29 is 5.11 Å². The summed E-state index contributed by atoms with van der Waals surface area (Å²) in [7, 11) is 0. The molecule has 0 spiro atoms. The molecular formula is C14H23N3OS. The van der Waals surface area contributed by atoms with Crippen LogP contribution in [0.1, 0.15) is 33.3 Å². The van der Waals surface area contributed by atoms with E-state index in [0.717, 1.165) is 5.56 Å². The van der Waals surface area contributed by atoms with Crippen LogP contribution in [0.5, 0.6) is 0 Å². The van der Waals surface area contributed by atoms with Crippen LogP contribution in [-0.4, -0.2) is 32.9 Å². The average Bonchev–Trinajstić information content (AvgIpc) is 2.26. The Bertz CT molecular complexity index is 401. The zero-order valence-electron chi connectivity index (χ0n) is 12.0. The van der Waals surface area contributed by atoms with Crippen LogP contribution < -0.4 is 10.6 Å². The van der Waals surface area contributed by atoms with Gasteiger partial charge in [-0.15, -0.1) is 0 Å². The first-order chi connectivity index (χ1) is 8.78. The van der Waals surface area contributed by atoms with Gasteiger partial charge in [-0.2, -0.15) is 0 Å². The molecule has 0 radical (unpaired) electrons. The second-order valence-electron chi connectivity index (χ2n) is 5.76. The van der Waals surface area contributed by atoms with Crippen LogP contribution in [0.4, 0.5) is 0 Å². The molecular weight excluding hydrogens is 258 g/mol. The lowest BCUT2D eigenvalue weighted by Gasteiger charge is -2.28. The average molecular weight is 281 g/mol. The highest BCUT2D eigenvalue weighted by Crippen LogP contribution is 2.06. The molecule has 1 aromatic heterocycles. The van der Waals surface area contributed by atoms with Gasteiger partial charge in [0.1, 0.15) is 0 Å². The van der Waals surface area contributed by atoms with Gasteiger partial charge in [0.25, 0.3) is 0 Å².